The van der Waals surface area contributed by atoms with Gasteiger partial charge in [0.25, 0.3) is 0 Å². The number of alkyl halides is 3. The molecule has 1 N–H and O–H groups in total. The number of rotatable bonds is 7. The highest BCUT2D eigenvalue weighted by molar-refractivity contribution is 7.10. The zero-order valence-corrected chi connectivity index (χ0v) is 20.2. The van der Waals surface area contributed by atoms with E-state index in [4.69, 9.17) is 0 Å². The van der Waals surface area contributed by atoms with Gasteiger partial charge in [-0.15, -0.1) is 11.3 Å². The number of halogens is 4. The summed E-state index contributed by atoms with van der Waals surface area (Å²) in [6.45, 7) is 0. The first-order chi connectivity index (χ1) is 17.2. The molecule has 4 rings (SSSR count). The Balaban J connectivity index is 1.84. The van der Waals surface area contributed by atoms with E-state index in [2.05, 4.69) is 5.32 Å². The Labute approximate surface area is 210 Å². The Kier molecular flexibility index (Phi) is 8.08. The number of hydrogen-bond donors (Lipinski definition) is 1. The van der Waals surface area contributed by atoms with E-state index in [1.165, 1.54) is 47.7 Å². The summed E-state index contributed by atoms with van der Waals surface area (Å²) in [7, 11) is 0. The molecule has 0 bridgehead atoms. The number of carbonyl (C=O) groups excluding carboxylic acids is 2. The molecule has 4 nitrogen and oxygen atoms in total. The predicted molar refractivity (Wildman–Crippen MR) is 131 cm³/mol. The zero-order chi connectivity index (χ0) is 25.7. The van der Waals surface area contributed by atoms with Gasteiger partial charge in [0.1, 0.15) is 11.9 Å². The fourth-order valence-corrected chi connectivity index (χ4v) is 5.32. The first kappa shape index (κ1) is 25.9. The van der Waals surface area contributed by atoms with Crippen molar-refractivity contribution in [3.05, 3.63) is 87.9 Å². The van der Waals surface area contributed by atoms with Crippen LogP contribution in [0, 0.1) is 5.82 Å². The molecule has 0 radical (unpaired) electrons. The second-order valence-electron chi connectivity index (χ2n) is 8.83. The molecule has 1 unspecified atom stereocenters. The van der Waals surface area contributed by atoms with Gasteiger partial charge in [-0.05, 0) is 54.1 Å². The Hall–Kier alpha value is -3.20. The summed E-state index contributed by atoms with van der Waals surface area (Å²) in [4.78, 5) is 29.1. The summed E-state index contributed by atoms with van der Waals surface area (Å²) in [5, 5.41) is 4.66. The number of nitrogens with zero attached hydrogens (tertiary/aromatic N) is 1. The summed E-state index contributed by atoms with van der Waals surface area (Å²) in [6.07, 6.45) is -0.647. The SMILES string of the molecule is O=C(NC1CCCCC1)C(c1ccccc1C(F)(F)F)N(C(=O)Cc1cccs1)c1cccc(F)c1. The van der Waals surface area contributed by atoms with Crippen LogP contribution < -0.4 is 10.2 Å². The van der Waals surface area contributed by atoms with Gasteiger partial charge >= 0.3 is 6.18 Å². The lowest BCUT2D eigenvalue weighted by Gasteiger charge is -2.34. The van der Waals surface area contributed by atoms with E-state index in [1.54, 1.807) is 17.5 Å². The highest BCUT2D eigenvalue weighted by atomic mass is 32.1. The van der Waals surface area contributed by atoms with Crippen molar-refractivity contribution in [2.24, 2.45) is 0 Å². The largest absolute Gasteiger partial charge is 0.416 e. The molecule has 2 amide bonds. The molecule has 1 aromatic heterocycles. The van der Waals surface area contributed by atoms with Gasteiger partial charge in [0.05, 0.1) is 12.0 Å². The highest BCUT2D eigenvalue weighted by Gasteiger charge is 2.41. The smallest absolute Gasteiger partial charge is 0.351 e. The predicted octanol–water partition coefficient (Wildman–Crippen LogP) is 6.67. The Morgan fingerprint density at radius 3 is 2.42 bits per heavy atom. The second-order valence-corrected chi connectivity index (χ2v) is 9.86. The molecule has 1 atom stereocenters. The number of amides is 2. The van der Waals surface area contributed by atoms with Crippen molar-refractivity contribution in [3.8, 4) is 0 Å². The van der Waals surface area contributed by atoms with Crippen LogP contribution >= 0.6 is 11.3 Å². The number of carbonyl (C=O) groups is 2. The first-order valence-corrected chi connectivity index (χ1v) is 12.7. The minimum Gasteiger partial charge on any atom is -0.351 e. The van der Waals surface area contributed by atoms with Crippen LogP contribution in [0.15, 0.2) is 66.0 Å². The van der Waals surface area contributed by atoms with Crippen LogP contribution in [0.4, 0.5) is 23.2 Å². The van der Waals surface area contributed by atoms with Gasteiger partial charge in [-0.25, -0.2) is 4.39 Å². The Morgan fingerprint density at radius 2 is 1.75 bits per heavy atom. The summed E-state index contributed by atoms with van der Waals surface area (Å²) < 4.78 is 56.5. The molecule has 9 heteroatoms. The molecule has 1 aliphatic rings. The van der Waals surface area contributed by atoms with Crippen LogP contribution in [0.1, 0.15) is 54.1 Å². The van der Waals surface area contributed by atoms with E-state index in [9.17, 15) is 27.2 Å². The van der Waals surface area contributed by atoms with Gasteiger partial charge in [0.15, 0.2) is 0 Å². The monoisotopic (exact) mass is 518 g/mol. The first-order valence-electron chi connectivity index (χ1n) is 11.8. The minimum absolute atomic E-state index is 0.0114. The molecule has 1 heterocycles. The molecule has 2 aromatic carbocycles. The van der Waals surface area contributed by atoms with Gasteiger partial charge in [0.2, 0.25) is 11.8 Å². The van der Waals surface area contributed by atoms with Crippen molar-refractivity contribution in [3.63, 3.8) is 0 Å². The van der Waals surface area contributed by atoms with Crippen molar-refractivity contribution >= 4 is 28.8 Å². The van der Waals surface area contributed by atoms with Gasteiger partial charge in [-0.3, -0.25) is 14.5 Å². The fourth-order valence-electron chi connectivity index (χ4n) is 4.63. The number of hydrogen-bond acceptors (Lipinski definition) is 3. The van der Waals surface area contributed by atoms with Crippen LogP contribution in [-0.2, 0) is 22.2 Å². The normalized spacial score (nSPS) is 15.3. The molecule has 0 saturated heterocycles. The summed E-state index contributed by atoms with van der Waals surface area (Å²) in [5.41, 5.74) is -1.36. The number of benzene rings is 2. The molecule has 3 aromatic rings. The van der Waals surface area contributed by atoms with E-state index in [1.807, 2.05) is 0 Å². The third kappa shape index (κ3) is 6.13. The maximum atomic E-state index is 14.3. The Bertz CT molecular complexity index is 1190. The van der Waals surface area contributed by atoms with Gasteiger partial charge in [-0.2, -0.15) is 13.2 Å². The minimum atomic E-state index is -4.76. The van der Waals surface area contributed by atoms with Crippen molar-refractivity contribution in [2.75, 3.05) is 4.90 Å². The average molecular weight is 519 g/mol. The van der Waals surface area contributed by atoms with Crippen molar-refractivity contribution < 1.29 is 27.2 Å². The van der Waals surface area contributed by atoms with Gasteiger partial charge in [-0.1, -0.05) is 49.6 Å². The van der Waals surface area contributed by atoms with Crippen LogP contribution in [0.5, 0.6) is 0 Å². The van der Waals surface area contributed by atoms with Crippen molar-refractivity contribution in [1.82, 2.24) is 5.32 Å². The number of thiophene rings is 1. The van der Waals surface area contributed by atoms with Crippen LogP contribution in [-0.4, -0.2) is 17.9 Å². The van der Waals surface area contributed by atoms with Gasteiger partial charge in [0, 0.05) is 16.6 Å². The standard InChI is InChI=1S/C27H26F4N2O2S/c28-18-8-6-11-20(16-18)33(24(34)17-21-12-7-15-36-21)25(26(35)32-19-9-2-1-3-10-19)22-13-4-5-14-23(22)27(29,30)31/h4-8,11-16,19,25H,1-3,9-10,17H2,(H,32,35). The van der Waals surface area contributed by atoms with E-state index in [-0.39, 0.29) is 23.7 Å². The summed E-state index contributed by atoms with van der Waals surface area (Å²) in [6, 6.07) is 11.4. The fraction of sp³-hybridized carbons (Fsp3) is 0.333. The van der Waals surface area contributed by atoms with E-state index in [0.29, 0.717) is 17.7 Å². The topological polar surface area (TPSA) is 49.4 Å². The quantitative estimate of drug-likeness (QED) is 0.355. The summed E-state index contributed by atoms with van der Waals surface area (Å²) >= 11 is 1.32. The van der Waals surface area contributed by atoms with E-state index in [0.717, 1.165) is 36.3 Å². The third-order valence-corrected chi connectivity index (χ3v) is 7.16. The summed E-state index contributed by atoms with van der Waals surface area (Å²) in [5.74, 6) is -2.00. The highest BCUT2D eigenvalue weighted by Crippen LogP contribution is 2.39. The molecule has 36 heavy (non-hydrogen) atoms. The van der Waals surface area contributed by atoms with E-state index < -0.39 is 35.4 Å². The lowest BCUT2D eigenvalue weighted by Crippen LogP contribution is -2.48. The molecule has 1 aliphatic carbocycles. The van der Waals surface area contributed by atoms with Gasteiger partial charge < -0.3 is 5.32 Å². The Morgan fingerprint density at radius 1 is 1.00 bits per heavy atom. The molecule has 1 saturated carbocycles. The van der Waals surface area contributed by atoms with Crippen molar-refractivity contribution in [1.29, 1.82) is 0 Å². The zero-order valence-electron chi connectivity index (χ0n) is 19.4. The lowest BCUT2D eigenvalue weighted by atomic mass is 9.93. The van der Waals surface area contributed by atoms with Crippen molar-refractivity contribution in [2.45, 2.75) is 56.8 Å². The molecule has 0 spiro atoms. The average Bonchev–Trinajstić information content (AvgIpc) is 3.35. The van der Waals surface area contributed by atoms with E-state index >= 15 is 0 Å². The maximum Gasteiger partial charge on any atom is 0.416 e. The second kappa shape index (κ2) is 11.2. The molecular formula is C27H26F4N2O2S. The number of nitrogens with one attached hydrogen (secondary N) is 1. The maximum absolute atomic E-state index is 14.3. The molecular weight excluding hydrogens is 492 g/mol. The lowest BCUT2D eigenvalue weighted by molar-refractivity contribution is -0.139. The third-order valence-electron chi connectivity index (χ3n) is 6.28. The number of anilines is 1. The van der Waals surface area contributed by atoms with Crippen LogP contribution in [0.2, 0.25) is 0 Å². The van der Waals surface area contributed by atoms with Crippen LogP contribution in [0.25, 0.3) is 0 Å². The molecule has 0 aliphatic heterocycles. The molecule has 190 valence electrons. The van der Waals surface area contributed by atoms with Crippen LogP contribution in [0.3, 0.4) is 0 Å². The molecule has 1 fully saturated rings.